The summed E-state index contributed by atoms with van der Waals surface area (Å²) in [7, 11) is 1.26. The quantitative estimate of drug-likeness (QED) is 0.391. The number of carboxylic acids is 1. The highest BCUT2D eigenvalue weighted by Crippen LogP contribution is 2.39. The molecule has 1 fully saturated rings. The molecule has 0 aromatic heterocycles. The van der Waals surface area contributed by atoms with Crippen molar-refractivity contribution in [2.45, 2.75) is 6.92 Å². The van der Waals surface area contributed by atoms with Gasteiger partial charge in [-0.05, 0) is 43.0 Å². The van der Waals surface area contributed by atoms with Crippen LogP contribution < -0.4 is 4.74 Å². The van der Waals surface area contributed by atoms with Gasteiger partial charge in [-0.2, -0.15) is 0 Å². The molecule has 160 valence electrons. The molecular weight excluding hydrogens is 426 g/mol. The topological polar surface area (TPSA) is 143 Å². The average Bonchev–Trinajstić information content (AvgIpc) is 3.03. The van der Waals surface area contributed by atoms with Crippen molar-refractivity contribution in [1.29, 1.82) is 0 Å². The van der Waals surface area contributed by atoms with E-state index in [1.54, 1.807) is 19.1 Å². The number of aromatic carboxylic acids is 1. The fourth-order valence-electron chi connectivity index (χ4n) is 2.82. The largest absolute Gasteiger partial charge is 0.504 e. The van der Waals surface area contributed by atoms with E-state index in [4.69, 9.17) is 9.84 Å². The Morgan fingerprint density at radius 1 is 1.35 bits per heavy atom. The number of carbonyl (C=O) groups excluding carboxylic acids is 1. The number of ether oxygens (including phenoxy) is 1. The van der Waals surface area contributed by atoms with E-state index in [0.717, 1.165) is 23.9 Å². The van der Waals surface area contributed by atoms with Gasteiger partial charge in [-0.1, -0.05) is 6.07 Å². The summed E-state index contributed by atoms with van der Waals surface area (Å²) < 4.78 is 4.98. The molecule has 0 bridgehead atoms. The number of nitrogens with zero attached hydrogens (tertiary/aromatic N) is 3. The number of phenolic OH excluding ortho intramolecular Hbond substituents is 1. The minimum atomic E-state index is -1.10. The van der Waals surface area contributed by atoms with Crippen molar-refractivity contribution in [1.82, 2.24) is 4.90 Å². The van der Waals surface area contributed by atoms with Gasteiger partial charge in [0.15, 0.2) is 16.7 Å². The van der Waals surface area contributed by atoms with Crippen LogP contribution in [0.25, 0.3) is 6.08 Å². The van der Waals surface area contributed by atoms with E-state index < -0.39 is 16.8 Å². The SMILES string of the molecule is CCN1C(=O)C(=Cc2cc([N+](=O)[O-])cc(OC)c2O)SC1=Nc1cccc(C(=O)O)c1. The molecule has 31 heavy (non-hydrogen) atoms. The molecule has 1 amide bonds. The first-order chi connectivity index (χ1) is 14.7. The average molecular weight is 443 g/mol. The van der Waals surface area contributed by atoms with Gasteiger partial charge < -0.3 is 14.9 Å². The molecule has 0 saturated carbocycles. The number of nitro benzene ring substituents is 1. The van der Waals surface area contributed by atoms with Gasteiger partial charge >= 0.3 is 5.97 Å². The van der Waals surface area contributed by atoms with E-state index in [9.17, 15) is 24.8 Å². The van der Waals surface area contributed by atoms with E-state index in [-0.39, 0.29) is 33.2 Å². The molecule has 2 aromatic rings. The third kappa shape index (κ3) is 4.51. The van der Waals surface area contributed by atoms with E-state index in [2.05, 4.69) is 4.99 Å². The first-order valence-electron chi connectivity index (χ1n) is 8.94. The smallest absolute Gasteiger partial charge is 0.335 e. The Kier molecular flexibility index (Phi) is 6.25. The number of hydrogen-bond acceptors (Lipinski definition) is 8. The van der Waals surface area contributed by atoms with Gasteiger partial charge in [0, 0.05) is 18.2 Å². The fraction of sp³-hybridized carbons (Fsp3) is 0.150. The number of phenols is 1. The zero-order chi connectivity index (χ0) is 22.7. The molecule has 2 N–H and O–H groups in total. The van der Waals surface area contributed by atoms with Crippen molar-refractivity contribution >= 4 is 46.3 Å². The third-order valence-electron chi connectivity index (χ3n) is 4.33. The van der Waals surface area contributed by atoms with Crippen molar-refractivity contribution in [2.24, 2.45) is 4.99 Å². The lowest BCUT2D eigenvalue weighted by Crippen LogP contribution is -2.28. The molecule has 11 heteroatoms. The molecule has 3 rings (SSSR count). The second-order valence-electron chi connectivity index (χ2n) is 6.25. The van der Waals surface area contributed by atoms with Crippen LogP contribution in [-0.4, -0.2) is 50.7 Å². The van der Waals surface area contributed by atoms with Gasteiger partial charge in [-0.15, -0.1) is 0 Å². The predicted octanol–water partition coefficient (Wildman–Crippen LogP) is 3.63. The molecule has 0 atom stereocenters. The number of non-ortho nitro benzene ring substituents is 1. The van der Waals surface area contributed by atoms with E-state index in [0.29, 0.717) is 17.4 Å². The van der Waals surface area contributed by atoms with Crippen LogP contribution in [0, 0.1) is 10.1 Å². The number of carbonyl (C=O) groups is 2. The normalized spacial score (nSPS) is 16.2. The molecule has 1 aliphatic rings. The molecule has 0 unspecified atom stereocenters. The number of carboxylic acid groups (broad SMARTS) is 1. The van der Waals surface area contributed by atoms with Crippen molar-refractivity contribution in [3.63, 3.8) is 0 Å². The minimum Gasteiger partial charge on any atom is -0.504 e. The van der Waals surface area contributed by atoms with E-state index in [1.807, 2.05) is 0 Å². The summed E-state index contributed by atoms with van der Waals surface area (Å²) in [6.45, 7) is 2.04. The summed E-state index contributed by atoms with van der Waals surface area (Å²) in [6, 6.07) is 8.19. The second-order valence-corrected chi connectivity index (χ2v) is 7.26. The van der Waals surface area contributed by atoms with Crippen LogP contribution in [0.1, 0.15) is 22.8 Å². The summed E-state index contributed by atoms with van der Waals surface area (Å²) in [5.41, 5.74) is 0.161. The Morgan fingerprint density at radius 2 is 2.10 bits per heavy atom. The highest BCUT2D eigenvalue weighted by molar-refractivity contribution is 8.18. The van der Waals surface area contributed by atoms with Gasteiger partial charge in [0.2, 0.25) is 0 Å². The Labute approximate surface area is 180 Å². The number of methoxy groups -OCH3 is 1. The number of thioether (sulfide) groups is 1. The molecule has 0 aliphatic carbocycles. The lowest BCUT2D eigenvalue weighted by Gasteiger charge is -2.12. The molecule has 1 heterocycles. The first-order valence-corrected chi connectivity index (χ1v) is 9.75. The Balaban J connectivity index is 2.03. The molecular formula is C20H17N3O7S. The summed E-state index contributed by atoms with van der Waals surface area (Å²) in [5, 5.41) is 31.0. The molecule has 0 spiro atoms. The van der Waals surface area contributed by atoms with Crippen LogP contribution in [0.15, 0.2) is 46.3 Å². The highest BCUT2D eigenvalue weighted by atomic mass is 32.2. The fourth-order valence-corrected chi connectivity index (χ4v) is 3.87. The Morgan fingerprint density at radius 3 is 2.71 bits per heavy atom. The third-order valence-corrected chi connectivity index (χ3v) is 5.34. The summed E-state index contributed by atoms with van der Waals surface area (Å²) in [6.07, 6.45) is 1.33. The number of amides is 1. The number of amidine groups is 1. The number of likely N-dealkylation sites (N-methyl/N-ethyl adjacent to an activating group) is 1. The number of rotatable bonds is 6. The van der Waals surface area contributed by atoms with E-state index >= 15 is 0 Å². The van der Waals surface area contributed by atoms with Gasteiger partial charge in [0.05, 0.1) is 34.3 Å². The molecule has 0 radical (unpaired) electrons. The van der Waals surface area contributed by atoms with Gasteiger partial charge in [0.25, 0.3) is 11.6 Å². The number of aromatic hydroxyl groups is 1. The molecule has 1 aliphatic heterocycles. The number of nitro groups is 1. The van der Waals surface area contributed by atoms with Crippen LogP contribution in [-0.2, 0) is 4.79 Å². The van der Waals surface area contributed by atoms with Crippen LogP contribution in [0.4, 0.5) is 11.4 Å². The zero-order valence-electron chi connectivity index (χ0n) is 16.4. The maximum Gasteiger partial charge on any atom is 0.335 e. The van der Waals surface area contributed by atoms with Crippen molar-refractivity contribution < 1.29 is 29.5 Å². The summed E-state index contributed by atoms with van der Waals surface area (Å²) in [5.74, 6) is -1.93. The molecule has 10 nitrogen and oxygen atoms in total. The predicted molar refractivity (Wildman–Crippen MR) is 115 cm³/mol. The Hall–Kier alpha value is -3.86. The lowest BCUT2D eigenvalue weighted by molar-refractivity contribution is -0.385. The second kappa shape index (κ2) is 8.88. The highest BCUT2D eigenvalue weighted by Gasteiger charge is 2.33. The monoisotopic (exact) mass is 443 g/mol. The maximum atomic E-state index is 12.8. The van der Waals surface area contributed by atoms with Gasteiger partial charge in [-0.25, -0.2) is 9.79 Å². The number of benzene rings is 2. The summed E-state index contributed by atoms with van der Waals surface area (Å²) >= 11 is 1.01. The minimum absolute atomic E-state index is 0.0482. The molecule has 2 aromatic carbocycles. The van der Waals surface area contributed by atoms with Crippen molar-refractivity contribution in [3.8, 4) is 11.5 Å². The Bertz CT molecular complexity index is 1140. The maximum absolute atomic E-state index is 12.8. The van der Waals surface area contributed by atoms with Crippen LogP contribution in [0.3, 0.4) is 0 Å². The van der Waals surface area contributed by atoms with Crippen molar-refractivity contribution in [2.75, 3.05) is 13.7 Å². The molecule has 1 saturated heterocycles. The number of aliphatic imine (C=N–C) groups is 1. The standard InChI is InChI=1S/C20H17N3O7S/c1-3-22-18(25)16(9-12-8-14(23(28)29)10-15(30-2)17(12)24)31-20(22)21-13-6-4-5-11(7-13)19(26)27/h4-10,24H,3H2,1-2H3,(H,26,27). The van der Waals surface area contributed by atoms with Crippen LogP contribution in [0.2, 0.25) is 0 Å². The van der Waals surface area contributed by atoms with Gasteiger partial charge in [0.1, 0.15) is 0 Å². The lowest BCUT2D eigenvalue weighted by atomic mass is 10.1. The van der Waals surface area contributed by atoms with Crippen LogP contribution >= 0.6 is 11.8 Å². The summed E-state index contributed by atoms with van der Waals surface area (Å²) in [4.78, 5) is 40.5. The van der Waals surface area contributed by atoms with Crippen LogP contribution in [0.5, 0.6) is 11.5 Å². The first kappa shape index (κ1) is 21.8. The van der Waals surface area contributed by atoms with Gasteiger partial charge in [-0.3, -0.25) is 19.8 Å². The van der Waals surface area contributed by atoms with E-state index in [1.165, 1.54) is 30.2 Å². The zero-order valence-corrected chi connectivity index (χ0v) is 17.3. The number of hydrogen-bond donors (Lipinski definition) is 2. The van der Waals surface area contributed by atoms with Crippen molar-refractivity contribution in [3.05, 3.63) is 62.5 Å².